The van der Waals surface area contributed by atoms with Gasteiger partial charge in [-0.25, -0.2) is 8.42 Å². The summed E-state index contributed by atoms with van der Waals surface area (Å²) in [6.07, 6.45) is 1.52. The Morgan fingerprint density at radius 1 is 1.25 bits per heavy atom. The molecule has 112 valence electrons. The van der Waals surface area contributed by atoms with E-state index in [1.807, 2.05) is 6.92 Å². The highest BCUT2D eigenvalue weighted by atomic mass is 32.2. The Balaban J connectivity index is 2.35. The Hall–Kier alpha value is -1.20. The van der Waals surface area contributed by atoms with Gasteiger partial charge in [0.1, 0.15) is 6.61 Å². The van der Waals surface area contributed by atoms with Crippen LogP contribution < -0.4 is 0 Å². The predicted octanol–water partition coefficient (Wildman–Crippen LogP) is 2.62. The maximum Gasteiger partial charge on any atom is 0.178 e. The van der Waals surface area contributed by atoms with Gasteiger partial charge < -0.3 is 4.74 Å². The zero-order chi connectivity index (χ0) is 15.0. The Morgan fingerprint density at radius 3 is 2.50 bits per heavy atom. The summed E-state index contributed by atoms with van der Waals surface area (Å²) in [5, 5.41) is 0. The SMILES string of the molecule is CCC(=O)COC(C)CCCS(=O)(=O)c1ccccc1. The van der Waals surface area contributed by atoms with Gasteiger partial charge in [0, 0.05) is 6.42 Å². The van der Waals surface area contributed by atoms with Gasteiger partial charge in [0.05, 0.1) is 16.8 Å². The summed E-state index contributed by atoms with van der Waals surface area (Å²) < 4.78 is 29.4. The fourth-order valence-corrected chi connectivity index (χ4v) is 3.08. The van der Waals surface area contributed by atoms with Crippen LogP contribution in [0.5, 0.6) is 0 Å². The van der Waals surface area contributed by atoms with Crippen molar-refractivity contribution >= 4 is 15.6 Å². The van der Waals surface area contributed by atoms with Crippen molar-refractivity contribution in [1.29, 1.82) is 0 Å². The molecule has 0 aliphatic heterocycles. The van der Waals surface area contributed by atoms with E-state index >= 15 is 0 Å². The zero-order valence-corrected chi connectivity index (χ0v) is 12.9. The van der Waals surface area contributed by atoms with Gasteiger partial charge >= 0.3 is 0 Å². The standard InChI is InChI=1S/C15H22O4S/c1-3-14(16)12-19-13(2)8-7-11-20(17,18)15-9-5-4-6-10-15/h4-6,9-10,13H,3,7-8,11-12H2,1-2H3. The highest BCUT2D eigenvalue weighted by Crippen LogP contribution is 2.13. The Bertz CT molecular complexity index is 508. The predicted molar refractivity (Wildman–Crippen MR) is 78.4 cm³/mol. The van der Waals surface area contributed by atoms with Crippen LogP contribution in [0.4, 0.5) is 0 Å². The Morgan fingerprint density at radius 2 is 1.90 bits per heavy atom. The first-order valence-electron chi connectivity index (χ1n) is 6.87. The van der Waals surface area contributed by atoms with Gasteiger partial charge in [-0.2, -0.15) is 0 Å². The summed E-state index contributed by atoms with van der Waals surface area (Å²) in [5.41, 5.74) is 0. The molecule has 0 spiro atoms. The van der Waals surface area contributed by atoms with E-state index in [1.54, 1.807) is 37.3 Å². The largest absolute Gasteiger partial charge is 0.371 e. The second-order valence-corrected chi connectivity index (χ2v) is 6.90. The fraction of sp³-hybridized carbons (Fsp3) is 0.533. The summed E-state index contributed by atoms with van der Waals surface area (Å²) in [6, 6.07) is 8.44. The lowest BCUT2D eigenvalue weighted by Crippen LogP contribution is -2.16. The van der Waals surface area contributed by atoms with Crippen molar-refractivity contribution in [3.63, 3.8) is 0 Å². The molecule has 1 rings (SSSR count). The Kier molecular flexibility index (Phi) is 6.88. The molecule has 0 aromatic heterocycles. The normalized spacial score (nSPS) is 13.1. The van der Waals surface area contributed by atoms with Crippen molar-refractivity contribution in [2.45, 2.75) is 44.1 Å². The first kappa shape index (κ1) is 16.9. The molecule has 1 unspecified atom stereocenters. The summed E-state index contributed by atoms with van der Waals surface area (Å²) in [7, 11) is -3.21. The Labute approximate surface area is 121 Å². The van der Waals surface area contributed by atoms with Crippen molar-refractivity contribution in [2.75, 3.05) is 12.4 Å². The molecule has 0 saturated heterocycles. The summed E-state index contributed by atoms with van der Waals surface area (Å²) >= 11 is 0. The molecule has 0 aliphatic rings. The zero-order valence-electron chi connectivity index (χ0n) is 12.0. The molecule has 4 nitrogen and oxygen atoms in total. The number of ether oxygens (including phenoxy) is 1. The number of hydrogen-bond acceptors (Lipinski definition) is 4. The lowest BCUT2D eigenvalue weighted by Gasteiger charge is -2.12. The number of carbonyl (C=O) groups is 1. The van der Waals surface area contributed by atoms with Crippen molar-refractivity contribution < 1.29 is 17.9 Å². The smallest absolute Gasteiger partial charge is 0.178 e. The third kappa shape index (κ3) is 5.84. The highest BCUT2D eigenvalue weighted by molar-refractivity contribution is 7.91. The van der Waals surface area contributed by atoms with Crippen molar-refractivity contribution in [3.05, 3.63) is 30.3 Å². The van der Waals surface area contributed by atoms with Gasteiger partial charge in [0.2, 0.25) is 0 Å². The maximum atomic E-state index is 12.0. The van der Waals surface area contributed by atoms with Crippen LogP contribution in [0.25, 0.3) is 0 Å². The number of hydrogen-bond donors (Lipinski definition) is 0. The van der Waals surface area contributed by atoms with Gasteiger partial charge in [-0.1, -0.05) is 25.1 Å². The van der Waals surface area contributed by atoms with E-state index in [1.165, 1.54) is 0 Å². The summed E-state index contributed by atoms with van der Waals surface area (Å²) in [4.78, 5) is 11.5. The van der Waals surface area contributed by atoms with E-state index in [0.29, 0.717) is 24.2 Å². The molecule has 0 aliphatic carbocycles. The number of Topliss-reactive ketones (excluding diaryl/α,β-unsaturated/α-hetero) is 1. The lowest BCUT2D eigenvalue weighted by atomic mass is 10.2. The van der Waals surface area contributed by atoms with Gasteiger partial charge in [-0.3, -0.25) is 4.79 Å². The van der Waals surface area contributed by atoms with E-state index in [4.69, 9.17) is 4.74 Å². The molecule has 0 radical (unpaired) electrons. The molecule has 1 aromatic rings. The molecular weight excluding hydrogens is 276 g/mol. The number of rotatable bonds is 9. The molecule has 0 saturated carbocycles. The average molecular weight is 298 g/mol. The number of benzene rings is 1. The molecule has 5 heteroatoms. The van der Waals surface area contributed by atoms with E-state index in [2.05, 4.69) is 0 Å². The molecule has 0 N–H and O–H groups in total. The average Bonchev–Trinajstić information content (AvgIpc) is 2.45. The minimum atomic E-state index is -3.21. The number of ketones is 1. The van der Waals surface area contributed by atoms with Crippen LogP contribution in [0.3, 0.4) is 0 Å². The van der Waals surface area contributed by atoms with Crippen LogP contribution in [0.15, 0.2) is 35.2 Å². The summed E-state index contributed by atoms with van der Waals surface area (Å²) in [5.74, 6) is 0.167. The molecule has 1 aromatic carbocycles. The van der Waals surface area contributed by atoms with Gasteiger partial charge in [0.25, 0.3) is 0 Å². The van der Waals surface area contributed by atoms with Crippen LogP contribution >= 0.6 is 0 Å². The van der Waals surface area contributed by atoms with Crippen molar-refractivity contribution in [3.8, 4) is 0 Å². The molecule has 0 fully saturated rings. The second kappa shape index (κ2) is 8.17. The number of sulfone groups is 1. The van der Waals surface area contributed by atoms with Gasteiger partial charge in [-0.15, -0.1) is 0 Å². The molecular formula is C15H22O4S. The van der Waals surface area contributed by atoms with E-state index < -0.39 is 9.84 Å². The highest BCUT2D eigenvalue weighted by Gasteiger charge is 2.14. The third-order valence-corrected chi connectivity index (χ3v) is 4.87. The van der Waals surface area contributed by atoms with E-state index in [-0.39, 0.29) is 24.2 Å². The van der Waals surface area contributed by atoms with Crippen LogP contribution in [-0.2, 0) is 19.4 Å². The summed E-state index contributed by atoms with van der Waals surface area (Å²) in [6.45, 7) is 3.77. The molecule has 0 heterocycles. The molecule has 20 heavy (non-hydrogen) atoms. The minimum absolute atomic E-state index is 0.0637. The van der Waals surface area contributed by atoms with E-state index in [0.717, 1.165) is 0 Å². The van der Waals surface area contributed by atoms with Gasteiger partial charge in [0.15, 0.2) is 15.6 Å². The second-order valence-electron chi connectivity index (χ2n) is 4.79. The van der Waals surface area contributed by atoms with Crippen LogP contribution in [0, 0.1) is 0 Å². The van der Waals surface area contributed by atoms with Crippen LogP contribution in [0.2, 0.25) is 0 Å². The van der Waals surface area contributed by atoms with Crippen LogP contribution in [-0.4, -0.2) is 32.7 Å². The van der Waals surface area contributed by atoms with Gasteiger partial charge in [-0.05, 0) is 31.9 Å². The lowest BCUT2D eigenvalue weighted by molar-refractivity contribution is -0.125. The molecule has 1 atom stereocenters. The van der Waals surface area contributed by atoms with Crippen molar-refractivity contribution in [1.82, 2.24) is 0 Å². The minimum Gasteiger partial charge on any atom is -0.371 e. The monoisotopic (exact) mass is 298 g/mol. The topological polar surface area (TPSA) is 60.4 Å². The maximum absolute atomic E-state index is 12.0. The van der Waals surface area contributed by atoms with Crippen LogP contribution in [0.1, 0.15) is 33.1 Å². The van der Waals surface area contributed by atoms with Crippen molar-refractivity contribution in [2.24, 2.45) is 0 Å². The number of carbonyl (C=O) groups excluding carboxylic acids is 1. The quantitative estimate of drug-likeness (QED) is 0.703. The first-order chi connectivity index (χ1) is 9.45. The molecule has 0 bridgehead atoms. The third-order valence-electron chi connectivity index (χ3n) is 3.05. The fourth-order valence-electron chi connectivity index (χ4n) is 1.73. The first-order valence-corrected chi connectivity index (χ1v) is 8.52. The molecule has 0 amide bonds. The van der Waals surface area contributed by atoms with E-state index in [9.17, 15) is 13.2 Å².